The molecule has 0 saturated heterocycles. The van der Waals surface area contributed by atoms with Crippen LogP contribution in [0.5, 0.6) is 0 Å². The van der Waals surface area contributed by atoms with E-state index >= 15 is 0 Å². The maximum absolute atomic E-state index is 9.03. The lowest BCUT2D eigenvalue weighted by Gasteiger charge is -2.36. The van der Waals surface area contributed by atoms with Gasteiger partial charge in [0, 0.05) is 24.8 Å². The molecular weight excluding hydrogens is 266 g/mol. The summed E-state index contributed by atoms with van der Waals surface area (Å²) in [5.74, 6) is 1.22. The minimum Gasteiger partial charge on any atom is -0.419 e. The highest BCUT2D eigenvalue weighted by Crippen LogP contribution is 2.26. The van der Waals surface area contributed by atoms with Crippen LogP contribution in [0.15, 0.2) is 34.7 Å². The van der Waals surface area contributed by atoms with Crippen LogP contribution < -0.4 is 0 Å². The van der Waals surface area contributed by atoms with Crippen molar-refractivity contribution in [2.75, 3.05) is 13.2 Å². The van der Waals surface area contributed by atoms with Gasteiger partial charge in [-0.1, -0.05) is 24.6 Å². The summed E-state index contributed by atoms with van der Waals surface area (Å²) in [6.07, 6.45) is 4.53. The number of aliphatic hydroxyl groups excluding tert-OH is 1. The van der Waals surface area contributed by atoms with Crippen molar-refractivity contribution in [3.63, 3.8) is 0 Å². The third-order valence-electron chi connectivity index (χ3n) is 4.02. The highest BCUT2D eigenvalue weighted by Gasteiger charge is 2.26. The van der Waals surface area contributed by atoms with Gasteiger partial charge in [-0.25, -0.2) is 0 Å². The van der Waals surface area contributed by atoms with Gasteiger partial charge in [0.1, 0.15) is 0 Å². The predicted octanol–water partition coefficient (Wildman–Crippen LogP) is 2.47. The van der Waals surface area contributed by atoms with Crippen molar-refractivity contribution in [2.24, 2.45) is 0 Å². The summed E-state index contributed by atoms with van der Waals surface area (Å²) in [5.41, 5.74) is 0.946. The van der Waals surface area contributed by atoms with Crippen molar-refractivity contribution in [3.8, 4) is 11.5 Å². The molecule has 112 valence electrons. The second-order valence-electron chi connectivity index (χ2n) is 5.50. The van der Waals surface area contributed by atoms with Gasteiger partial charge < -0.3 is 9.52 Å². The number of nitrogens with zero attached hydrogens (tertiary/aromatic N) is 3. The Morgan fingerprint density at radius 3 is 2.67 bits per heavy atom. The van der Waals surface area contributed by atoms with Crippen LogP contribution in [-0.2, 0) is 6.54 Å². The molecule has 1 aliphatic rings. The Hall–Kier alpha value is -1.72. The Bertz CT molecular complexity index is 552. The van der Waals surface area contributed by atoms with E-state index in [-0.39, 0.29) is 6.61 Å². The highest BCUT2D eigenvalue weighted by molar-refractivity contribution is 5.51. The number of rotatable bonds is 7. The average molecular weight is 287 g/mol. The summed E-state index contributed by atoms with van der Waals surface area (Å²) in [7, 11) is 0. The fraction of sp³-hybridized carbons (Fsp3) is 0.500. The van der Waals surface area contributed by atoms with E-state index in [9.17, 15) is 0 Å². The van der Waals surface area contributed by atoms with E-state index in [0.717, 1.165) is 18.5 Å². The Morgan fingerprint density at radius 2 is 2.00 bits per heavy atom. The fourth-order valence-electron chi connectivity index (χ4n) is 2.61. The molecule has 1 heterocycles. The highest BCUT2D eigenvalue weighted by atomic mass is 16.4. The summed E-state index contributed by atoms with van der Waals surface area (Å²) in [4.78, 5) is 2.35. The summed E-state index contributed by atoms with van der Waals surface area (Å²) < 4.78 is 5.77. The standard InChI is InChI=1S/C16H21N3O2/c20-11-5-10-19(14-8-4-9-14)12-15-17-18-16(21-15)13-6-2-1-3-7-13/h1-3,6-7,14,20H,4-5,8-12H2. The quantitative estimate of drug-likeness (QED) is 0.847. The Morgan fingerprint density at radius 1 is 1.19 bits per heavy atom. The molecular formula is C16H21N3O2. The van der Waals surface area contributed by atoms with Crippen LogP contribution in [0, 0.1) is 0 Å². The van der Waals surface area contributed by atoms with Gasteiger partial charge in [-0.3, -0.25) is 4.90 Å². The van der Waals surface area contributed by atoms with Crippen molar-refractivity contribution < 1.29 is 9.52 Å². The maximum atomic E-state index is 9.03. The van der Waals surface area contributed by atoms with Crippen molar-refractivity contribution in [2.45, 2.75) is 38.3 Å². The van der Waals surface area contributed by atoms with Gasteiger partial charge in [0.2, 0.25) is 11.8 Å². The first kappa shape index (κ1) is 14.2. The summed E-state index contributed by atoms with van der Waals surface area (Å²) in [6, 6.07) is 10.4. The predicted molar refractivity (Wildman–Crippen MR) is 79.5 cm³/mol. The number of aliphatic hydroxyl groups is 1. The minimum absolute atomic E-state index is 0.225. The Kier molecular flexibility index (Phi) is 4.62. The Balaban J connectivity index is 1.67. The van der Waals surface area contributed by atoms with Gasteiger partial charge >= 0.3 is 0 Å². The van der Waals surface area contributed by atoms with E-state index in [0.29, 0.717) is 24.4 Å². The molecule has 5 heteroatoms. The largest absolute Gasteiger partial charge is 0.419 e. The van der Waals surface area contributed by atoms with Gasteiger partial charge in [-0.15, -0.1) is 10.2 Å². The third-order valence-corrected chi connectivity index (χ3v) is 4.02. The topological polar surface area (TPSA) is 62.4 Å². The van der Waals surface area contributed by atoms with Crippen LogP contribution in [0.3, 0.4) is 0 Å². The van der Waals surface area contributed by atoms with Crippen molar-refractivity contribution in [3.05, 3.63) is 36.2 Å². The van der Waals surface area contributed by atoms with Crippen molar-refractivity contribution in [1.29, 1.82) is 0 Å². The molecule has 5 nitrogen and oxygen atoms in total. The maximum Gasteiger partial charge on any atom is 0.247 e. The van der Waals surface area contributed by atoms with Crippen molar-refractivity contribution >= 4 is 0 Å². The van der Waals surface area contributed by atoms with E-state index in [1.165, 1.54) is 19.3 Å². The van der Waals surface area contributed by atoms with E-state index in [1.807, 2.05) is 30.3 Å². The van der Waals surface area contributed by atoms with Crippen LogP contribution in [0.2, 0.25) is 0 Å². The second-order valence-corrected chi connectivity index (χ2v) is 5.50. The molecule has 1 aromatic carbocycles. The molecule has 0 atom stereocenters. The molecule has 0 bridgehead atoms. The SMILES string of the molecule is OCCCN(Cc1nnc(-c2ccccc2)o1)C1CCC1. The molecule has 0 amide bonds. The summed E-state index contributed by atoms with van der Waals surface area (Å²) in [6.45, 7) is 1.77. The zero-order valence-corrected chi connectivity index (χ0v) is 12.1. The van der Waals surface area contributed by atoms with Gasteiger partial charge in [-0.05, 0) is 31.4 Å². The van der Waals surface area contributed by atoms with Gasteiger partial charge in [0.15, 0.2) is 0 Å². The molecule has 3 rings (SSSR count). The van der Waals surface area contributed by atoms with Gasteiger partial charge in [0.05, 0.1) is 6.54 Å². The average Bonchev–Trinajstić information content (AvgIpc) is 2.92. The first-order valence-corrected chi connectivity index (χ1v) is 7.59. The van der Waals surface area contributed by atoms with E-state index in [2.05, 4.69) is 15.1 Å². The summed E-state index contributed by atoms with van der Waals surface area (Å²) in [5, 5.41) is 17.3. The molecule has 0 spiro atoms. The zero-order valence-electron chi connectivity index (χ0n) is 12.1. The second kappa shape index (κ2) is 6.83. The fourth-order valence-corrected chi connectivity index (χ4v) is 2.61. The number of aromatic nitrogens is 2. The minimum atomic E-state index is 0.225. The van der Waals surface area contributed by atoms with Crippen molar-refractivity contribution in [1.82, 2.24) is 15.1 Å². The van der Waals surface area contributed by atoms with E-state index < -0.39 is 0 Å². The molecule has 0 radical (unpaired) electrons. The lowest BCUT2D eigenvalue weighted by atomic mass is 9.91. The molecule has 0 unspecified atom stereocenters. The number of hydrogen-bond donors (Lipinski definition) is 1. The van der Waals surface area contributed by atoms with Crippen LogP contribution in [0.1, 0.15) is 31.6 Å². The monoisotopic (exact) mass is 287 g/mol. The zero-order chi connectivity index (χ0) is 14.5. The molecule has 1 aromatic heterocycles. The van der Waals surface area contributed by atoms with Crippen LogP contribution in [0.25, 0.3) is 11.5 Å². The van der Waals surface area contributed by atoms with Gasteiger partial charge in [0.25, 0.3) is 0 Å². The van der Waals surface area contributed by atoms with Crippen LogP contribution in [-0.4, -0.2) is 39.4 Å². The smallest absolute Gasteiger partial charge is 0.247 e. The normalized spacial score (nSPS) is 15.3. The first-order valence-electron chi connectivity index (χ1n) is 7.59. The third kappa shape index (κ3) is 3.49. The lowest BCUT2D eigenvalue weighted by Crippen LogP contribution is -2.40. The van der Waals surface area contributed by atoms with Crippen LogP contribution in [0.4, 0.5) is 0 Å². The molecule has 1 aliphatic carbocycles. The van der Waals surface area contributed by atoms with Gasteiger partial charge in [-0.2, -0.15) is 0 Å². The number of benzene rings is 1. The first-order chi connectivity index (χ1) is 10.4. The number of hydrogen-bond acceptors (Lipinski definition) is 5. The van der Waals surface area contributed by atoms with Crippen LogP contribution >= 0.6 is 0 Å². The summed E-state index contributed by atoms with van der Waals surface area (Å²) >= 11 is 0. The molecule has 1 saturated carbocycles. The molecule has 1 fully saturated rings. The lowest BCUT2D eigenvalue weighted by molar-refractivity contribution is 0.0998. The molecule has 21 heavy (non-hydrogen) atoms. The molecule has 1 N–H and O–H groups in total. The molecule has 0 aliphatic heterocycles. The van der Waals surface area contributed by atoms with E-state index in [1.54, 1.807) is 0 Å². The van der Waals surface area contributed by atoms with E-state index in [4.69, 9.17) is 9.52 Å². The Labute approximate surface area is 124 Å². The molecule has 2 aromatic rings.